The number of halogens is 1. The maximum absolute atomic E-state index is 11.6. The van der Waals surface area contributed by atoms with Gasteiger partial charge in [-0.05, 0) is 18.2 Å². The fourth-order valence-corrected chi connectivity index (χ4v) is 1.47. The predicted octanol–water partition coefficient (Wildman–Crippen LogP) is 0.568. The summed E-state index contributed by atoms with van der Waals surface area (Å²) in [5.41, 5.74) is 5.86. The van der Waals surface area contributed by atoms with E-state index in [0.717, 1.165) is 0 Å². The second-order valence-corrected chi connectivity index (χ2v) is 3.40. The van der Waals surface area contributed by atoms with E-state index in [4.69, 9.17) is 15.2 Å². The molecule has 0 unspecified atom stereocenters. The van der Waals surface area contributed by atoms with Crippen LogP contribution < -0.4 is 20.5 Å². The van der Waals surface area contributed by atoms with Crippen molar-refractivity contribution in [3.63, 3.8) is 0 Å². The quantitative estimate of drug-likeness (QED) is 0.831. The lowest BCUT2D eigenvalue weighted by Gasteiger charge is -2.18. The zero-order chi connectivity index (χ0) is 11.4. The number of hydrogen-bond donors (Lipinski definition) is 2. The van der Waals surface area contributed by atoms with Crippen molar-refractivity contribution in [3.8, 4) is 11.5 Å². The molecule has 0 aromatic heterocycles. The predicted molar refractivity (Wildman–Crippen MR) is 66.1 cm³/mol. The standard InChI is InChI=1S/C11H14N2O3.ClH/c12-3-4-13-11(14)8-1-2-9-10(7-8)16-6-5-15-9;/h1-2,7H,3-6,12H2,(H,13,14);1H. The highest BCUT2D eigenvalue weighted by Crippen LogP contribution is 2.30. The second kappa shape index (κ2) is 6.32. The number of nitrogens with two attached hydrogens (primary N) is 1. The molecule has 6 heteroatoms. The SMILES string of the molecule is Cl.NCCNC(=O)c1ccc2c(c1)OCCO2. The first-order valence-electron chi connectivity index (χ1n) is 5.19. The molecule has 1 amide bonds. The first-order valence-corrected chi connectivity index (χ1v) is 5.19. The van der Waals surface area contributed by atoms with Crippen molar-refractivity contribution in [3.05, 3.63) is 23.8 Å². The fourth-order valence-electron chi connectivity index (χ4n) is 1.47. The fraction of sp³-hybridized carbons (Fsp3) is 0.364. The maximum atomic E-state index is 11.6. The van der Waals surface area contributed by atoms with Crippen LogP contribution >= 0.6 is 12.4 Å². The number of carbonyl (C=O) groups is 1. The molecule has 0 fully saturated rings. The summed E-state index contributed by atoms with van der Waals surface area (Å²) in [5, 5.41) is 2.70. The highest BCUT2D eigenvalue weighted by atomic mass is 35.5. The maximum Gasteiger partial charge on any atom is 0.251 e. The third kappa shape index (κ3) is 3.25. The zero-order valence-electron chi connectivity index (χ0n) is 9.27. The summed E-state index contributed by atoms with van der Waals surface area (Å²) >= 11 is 0. The largest absolute Gasteiger partial charge is 0.486 e. The van der Waals surface area contributed by atoms with Gasteiger partial charge in [0.05, 0.1) is 0 Å². The van der Waals surface area contributed by atoms with E-state index in [1.807, 2.05) is 0 Å². The van der Waals surface area contributed by atoms with Gasteiger partial charge in [-0.3, -0.25) is 4.79 Å². The van der Waals surface area contributed by atoms with E-state index in [-0.39, 0.29) is 18.3 Å². The van der Waals surface area contributed by atoms with Gasteiger partial charge >= 0.3 is 0 Å². The minimum atomic E-state index is -0.151. The van der Waals surface area contributed by atoms with Crippen molar-refractivity contribution >= 4 is 18.3 Å². The summed E-state index contributed by atoms with van der Waals surface area (Å²) in [6.45, 7) is 1.95. The van der Waals surface area contributed by atoms with Gasteiger partial charge < -0.3 is 20.5 Å². The van der Waals surface area contributed by atoms with E-state index in [9.17, 15) is 4.79 Å². The third-order valence-corrected chi connectivity index (χ3v) is 2.23. The van der Waals surface area contributed by atoms with Crippen LogP contribution in [0.4, 0.5) is 0 Å². The Morgan fingerprint density at radius 1 is 1.29 bits per heavy atom. The number of fused-ring (bicyclic) bond motifs is 1. The molecule has 0 atom stereocenters. The monoisotopic (exact) mass is 258 g/mol. The lowest BCUT2D eigenvalue weighted by molar-refractivity contribution is 0.0953. The van der Waals surface area contributed by atoms with Gasteiger partial charge in [-0.15, -0.1) is 12.4 Å². The van der Waals surface area contributed by atoms with Crippen LogP contribution in [0.5, 0.6) is 11.5 Å². The summed E-state index contributed by atoms with van der Waals surface area (Å²) in [4.78, 5) is 11.6. The molecule has 0 saturated heterocycles. The van der Waals surface area contributed by atoms with E-state index in [2.05, 4.69) is 5.32 Å². The smallest absolute Gasteiger partial charge is 0.251 e. The van der Waals surface area contributed by atoms with Crippen LogP contribution in [0.25, 0.3) is 0 Å². The Kier molecular flexibility index (Phi) is 5.06. The molecule has 5 nitrogen and oxygen atoms in total. The van der Waals surface area contributed by atoms with Crippen molar-refractivity contribution in [1.82, 2.24) is 5.32 Å². The van der Waals surface area contributed by atoms with E-state index in [1.54, 1.807) is 18.2 Å². The van der Waals surface area contributed by atoms with Gasteiger partial charge in [0.2, 0.25) is 0 Å². The van der Waals surface area contributed by atoms with Crippen molar-refractivity contribution < 1.29 is 14.3 Å². The number of hydrogen-bond acceptors (Lipinski definition) is 4. The number of carbonyl (C=O) groups excluding carboxylic acids is 1. The van der Waals surface area contributed by atoms with Crippen molar-refractivity contribution in [2.45, 2.75) is 0 Å². The lowest BCUT2D eigenvalue weighted by atomic mass is 10.2. The summed E-state index contributed by atoms with van der Waals surface area (Å²) in [6.07, 6.45) is 0. The Balaban J connectivity index is 0.00000144. The molecule has 17 heavy (non-hydrogen) atoms. The lowest BCUT2D eigenvalue weighted by Crippen LogP contribution is -2.29. The number of nitrogens with one attached hydrogen (secondary N) is 1. The van der Waals surface area contributed by atoms with Gasteiger partial charge in [0.25, 0.3) is 5.91 Å². The molecule has 0 spiro atoms. The molecule has 0 saturated carbocycles. The number of rotatable bonds is 3. The van der Waals surface area contributed by atoms with Crippen LogP contribution in [-0.4, -0.2) is 32.2 Å². The Bertz CT molecular complexity index is 398. The van der Waals surface area contributed by atoms with Crippen LogP contribution in [0.15, 0.2) is 18.2 Å². The first-order chi connectivity index (χ1) is 7.81. The molecule has 1 aliphatic heterocycles. The molecule has 0 radical (unpaired) electrons. The summed E-state index contributed by atoms with van der Waals surface area (Å²) in [7, 11) is 0. The van der Waals surface area contributed by atoms with Crippen LogP contribution in [0.2, 0.25) is 0 Å². The molecule has 1 aromatic carbocycles. The van der Waals surface area contributed by atoms with E-state index < -0.39 is 0 Å². The van der Waals surface area contributed by atoms with Crippen LogP contribution in [0.1, 0.15) is 10.4 Å². The minimum absolute atomic E-state index is 0. The number of amides is 1. The topological polar surface area (TPSA) is 73.6 Å². The Morgan fingerprint density at radius 2 is 2.00 bits per heavy atom. The molecular weight excluding hydrogens is 244 g/mol. The molecule has 1 aliphatic rings. The molecule has 94 valence electrons. The third-order valence-electron chi connectivity index (χ3n) is 2.23. The van der Waals surface area contributed by atoms with E-state index in [1.165, 1.54) is 0 Å². The first kappa shape index (κ1) is 13.6. The summed E-state index contributed by atoms with van der Waals surface area (Å²) < 4.78 is 10.8. The van der Waals surface area contributed by atoms with Crippen LogP contribution in [-0.2, 0) is 0 Å². The van der Waals surface area contributed by atoms with Gasteiger partial charge in [-0.2, -0.15) is 0 Å². The Hall–Kier alpha value is -1.46. The molecule has 0 bridgehead atoms. The average molecular weight is 259 g/mol. The summed E-state index contributed by atoms with van der Waals surface area (Å²) in [5.74, 6) is 1.15. The molecule has 3 N–H and O–H groups in total. The average Bonchev–Trinajstić information content (AvgIpc) is 2.35. The van der Waals surface area contributed by atoms with Crippen molar-refractivity contribution in [2.75, 3.05) is 26.3 Å². The molecule has 0 aliphatic carbocycles. The Labute approximate surface area is 106 Å². The van der Waals surface area contributed by atoms with Crippen LogP contribution in [0.3, 0.4) is 0 Å². The minimum Gasteiger partial charge on any atom is -0.486 e. The molecular formula is C11H15ClN2O3. The van der Waals surface area contributed by atoms with Crippen LogP contribution in [0, 0.1) is 0 Å². The van der Waals surface area contributed by atoms with Gasteiger partial charge in [0.15, 0.2) is 11.5 Å². The van der Waals surface area contributed by atoms with Crippen molar-refractivity contribution in [2.24, 2.45) is 5.73 Å². The number of benzene rings is 1. The van der Waals surface area contributed by atoms with Gasteiger partial charge in [-0.1, -0.05) is 0 Å². The highest BCUT2D eigenvalue weighted by Gasteiger charge is 2.14. The molecule has 1 aromatic rings. The summed E-state index contributed by atoms with van der Waals surface area (Å²) in [6, 6.07) is 5.13. The zero-order valence-corrected chi connectivity index (χ0v) is 10.1. The number of ether oxygens (including phenoxy) is 2. The van der Waals surface area contributed by atoms with E-state index >= 15 is 0 Å². The van der Waals surface area contributed by atoms with Crippen molar-refractivity contribution in [1.29, 1.82) is 0 Å². The second-order valence-electron chi connectivity index (χ2n) is 3.40. The van der Waals surface area contributed by atoms with Gasteiger partial charge in [-0.25, -0.2) is 0 Å². The highest BCUT2D eigenvalue weighted by molar-refractivity contribution is 5.94. The van der Waals surface area contributed by atoms with E-state index in [0.29, 0.717) is 43.4 Å². The molecule has 1 heterocycles. The normalized spacial score (nSPS) is 12.5. The molecule has 2 rings (SSSR count). The van der Waals surface area contributed by atoms with Gasteiger partial charge in [0.1, 0.15) is 13.2 Å². The van der Waals surface area contributed by atoms with Gasteiger partial charge in [0, 0.05) is 18.7 Å². The Morgan fingerprint density at radius 3 is 2.71 bits per heavy atom.